The van der Waals surface area contributed by atoms with Gasteiger partial charge in [-0.05, 0) is 37.3 Å². The quantitative estimate of drug-likeness (QED) is 0.397. The number of aromatic nitrogens is 1. The molecule has 1 atom stereocenters. The van der Waals surface area contributed by atoms with Crippen molar-refractivity contribution in [1.82, 2.24) is 4.98 Å². The molecule has 0 spiro atoms. The smallest absolute Gasteiger partial charge is 0.256 e. The number of amides is 2. The number of rotatable bonds is 4. The van der Waals surface area contributed by atoms with Gasteiger partial charge in [0.25, 0.3) is 5.91 Å². The van der Waals surface area contributed by atoms with Gasteiger partial charge in [0.1, 0.15) is 26.4 Å². The number of nitrogens with one attached hydrogen (secondary N) is 2. The van der Waals surface area contributed by atoms with Crippen molar-refractivity contribution in [3.05, 3.63) is 71.9 Å². The van der Waals surface area contributed by atoms with E-state index in [-0.39, 0.29) is 18.2 Å². The molecule has 0 saturated carbocycles. The fourth-order valence-electron chi connectivity index (χ4n) is 5.69. The summed E-state index contributed by atoms with van der Waals surface area (Å²) in [6.45, 7) is 3.73. The number of aromatic amines is 1. The summed E-state index contributed by atoms with van der Waals surface area (Å²) in [7, 11) is 0. The number of carbonyl (C=O) groups excluding carboxylic acids is 2. The van der Waals surface area contributed by atoms with Gasteiger partial charge in [-0.25, -0.2) is 0 Å². The molecule has 9 nitrogen and oxygen atoms in total. The van der Waals surface area contributed by atoms with Gasteiger partial charge in [-0.15, -0.1) is 0 Å². The topological polar surface area (TPSA) is 102 Å². The third-order valence-corrected chi connectivity index (χ3v) is 7.30. The van der Waals surface area contributed by atoms with Crippen LogP contribution >= 0.6 is 0 Å². The second-order valence-electron chi connectivity index (χ2n) is 9.58. The molecule has 1 aromatic heterocycles. The number of carbonyl (C=O) groups is 2. The van der Waals surface area contributed by atoms with Gasteiger partial charge >= 0.3 is 0 Å². The number of anilines is 2. The fraction of sp³-hybridized carbons (Fsp3) is 0.241. The van der Waals surface area contributed by atoms with Crippen LogP contribution in [0.2, 0.25) is 0 Å². The lowest BCUT2D eigenvalue weighted by molar-refractivity contribution is -0.137. The maximum absolute atomic E-state index is 14.4. The number of benzene rings is 3. The molecule has 4 aromatic rings. The van der Waals surface area contributed by atoms with E-state index in [1.54, 1.807) is 41.3 Å². The third kappa shape index (κ3) is 3.31. The van der Waals surface area contributed by atoms with E-state index in [1.807, 2.05) is 31.2 Å². The van der Waals surface area contributed by atoms with Crippen molar-refractivity contribution in [2.75, 3.05) is 36.6 Å². The normalized spacial score (nSPS) is 19.7. The number of nitrogens with zero attached hydrogens (tertiary/aromatic N) is 1. The van der Waals surface area contributed by atoms with Crippen LogP contribution in [-0.2, 0) is 15.1 Å². The molecule has 0 aliphatic carbocycles. The first kappa shape index (κ1) is 22.5. The van der Waals surface area contributed by atoms with E-state index in [0.29, 0.717) is 60.8 Å². The minimum Gasteiger partial charge on any atom is -0.486 e. The standard InChI is InChI=1S/C29H25N3O6/c1-17-27(20-4-2-3-5-21(20)30-17)29(28(34)31-18-6-8-22-24(14-18)37-12-10-35-22)16-26(33)32(29)19-7-9-23-25(15-19)38-13-11-36-23/h2-9,14-15,30H,10-13,16H2,1H3,(H,31,34). The lowest BCUT2D eigenvalue weighted by Gasteiger charge is -2.51. The summed E-state index contributed by atoms with van der Waals surface area (Å²) < 4.78 is 22.8. The monoisotopic (exact) mass is 511 g/mol. The first-order chi connectivity index (χ1) is 18.5. The van der Waals surface area contributed by atoms with Crippen LogP contribution in [0.15, 0.2) is 60.7 Å². The molecule has 1 unspecified atom stereocenters. The van der Waals surface area contributed by atoms with Crippen molar-refractivity contribution in [3.63, 3.8) is 0 Å². The Kier molecular flexibility index (Phi) is 5.01. The average Bonchev–Trinajstić information content (AvgIpc) is 3.27. The molecule has 3 aliphatic rings. The molecule has 2 amide bonds. The van der Waals surface area contributed by atoms with Gasteiger partial charge in [-0.2, -0.15) is 0 Å². The molecule has 4 heterocycles. The SMILES string of the molecule is Cc1[nH]c2ccccc2c1C1(C(=O)Nc2ccc3c(c2)OCCO3)CC(=O)N1c1ccc2c(c1)OCCO2. The van der Waals surface area contributed by atoms with Gasteiger partial charge in [0, 0.05) is 45.7 Å². The Balaban J connectivity index is 1.36. The summed E-state index contributed by atoms with van der Waals surface area (Å²) in [5, 5.41) is 3.95. The van der Waals surface area contributed by atoms with E-state index in [9.17, 15) is 9.59 Å². The lowest BCUT2D eigenvalue weighted by Crippen LogP contribution is -2.67. The molecule has 1 saturated heterocycles. The molecule has 0 bridgehead atoms. The van der Waals surface area contributed by atoms with Crippen molar-refractivity contribution >= 4 is 34.1 Å². The molecule has 9 heteroatoms. The van der Waals surface area contributed by atoms with Crippen molar-refractivity contribution < 1.29 is 28.5 Å². The molecule has 2 N–H and O–H groups in total. The lowest BCUT2D eigenvalue weighted by atomic mass is 9.74. The second-order valence-corrected chi connectivity index (χ2v) is 9.58. The molecule has 0 radical (unpaired) electrons. The number of aryl methyl sites for hydroxylation is 1. The Hall–Kier alpha value is -4.66. The summed E-state index contributed by atoms with van der Waals surface area (Å²) in [6, 6.07) is 18.4. The van der Waals surface area contributed by atoms with Crippen LogP contribution in [0.1, 0.15) is 17.7 Å². The molecule has 7 rings (SSSR count). The number of hydrogen-bond acceptors (Lipinski definition) is 6. The highest BCUT2D eigenvalue weighted by atomic mass is 16.6. The zero-order valence-electron chi connectivity index (χ0n) is 20.7. The van der Waals surface area contributed by atoms with Gasteiger partial charge < -0.3 is 29.2 Å². The maximum atomic E-state index is 14.4. The van der Waals surface area contributed by atoms with Gasteiger partial charge in [0.2, 0.25) is 5.91 Å². The zero-order valence-corrected chi connectivity index (χ0v) is 20.7. The highest BCUT2D eigenvalue weighted by Gasteiger charge is 2.60. The highest BCUT2D eigenvalue weighted by Crippen LogP contribution is 2.50. The fourth-order valence-corrected chi connectivity index (χ4v) is 5.69. The largest absolute Gasteiger partial charge is 0.486 e. The number of β-lactam (4-membered cyclic amide) rings is 1. The molecule has 3 aromatic carbocycles. The van der Waals surface area contributed by atoms with Gasteiger partial charge in [-0.1, -0.05) is 18.2 Å². The van der Waals surface area contributed by atoms with Crippen LogP contribution in [-0.4, -0.2) is 43.2 Å². The van der Waals surface area contributed by atoms with Crippen LogP contribution in [0, 0.1) is 6.92 Å². The number of fused-ring (bicyclic) bond motifs is 3. The first-order valence-corrected chi connectivity index (χ1v) is 12.6. The number of hydrogen-bond donors (Lipinski definition) is 2. The summed E-state index contributed by atoms with van der Waals surface area (Å²) >= 11 is 0. The number of H-pyrrole nitrogens is 1. The average molecular weight is 512 g/mol. The Morgan fingerprint density at radius 1 is 0.868 bits per heavy atom. The van der Waals surface area contributed by atoms with E-state index in [0.717, 1.165) is 22.2 Å². The van der Waals surface area contributed by atoms with Crippen LogP contribution in [0.25, 0.3) is 10.9 Å². The number of para-hydroxylation sites is 1. The Morgan fingerprint density at radius 2 is 1.53 bits per heavy atom. The third-order valence-electron chi connectivity index (χ3n) is 7.30. The second kappa shape index (κ2) is 8.44. The molecule has 192 valence electrons. The van der Waals surface area contributed by atoms with Crippen molar-refractivity contribution in [1.29, 1.82) is 0 Å². The van der Waals surface area contributed by atoms with Crippen LogP contribution in [0.4, 0.5) is 11.4 Å². The van der Waals surface area contributed by atoms with Crippen LogP contribution in [0.5, 0.6) is 23.0 Å². The highest BCUT2D eigenvalue weighted by molar-refractivity contribution is 6.19. The summed E-state index contributed by atoms with van der Waals surface area (Å²) in [4.78, 5) is 32.7. The van der Waals surface area contributed by atoms with E-state index in [4.69, 9.17) is 18.9 Å². The zero-order chi connectivity index (χ0) is 25.9. The first-order valence-electron chi connectivity index (χ1n) is 12.6. The van der Waals surface area contributed by atoms with Crippen molar-refractivity contribution in [2.45, 2.75) is 18.9 Å². The summed E-state index contributed by atoms with van der Waals surface area (Å²) in [5.41, 5.74) is 2.30. The van der Waals surface area contributed by atoms with E-state index < -0.39 is 5.54 Å². The van der Waals surface area contributed by atoms with E-state index >= 15 is 0 Å². The van der Waals surface area contributed by atoms with E-state index in [2.05, 4.69) is 10.3 Å². The minimum atomic E-state index is -1.29. The molecular formula is C29H25N3O6. The van der Waals surface area contributed by atoms with Gasteiger partial charge in [-0.3, -0.25) is 14.5 Å². The van der Waals surface area contributed by atoms with Gasteiger partial charge in [0.15, 0.2) is 28.5 Å². The molecule has 38 heavy (non-hydrogen) atoms. The molecule has 1 fully saturated rings. The van der Waals surface area contributed by atoms with Crippen LogP contribution < -0.4 is 29.2 Å². The van der Waals surface area contributed by atoms with Crippen LogP contribution in [0.3, 0.4) is 0 Å². The Labute approximate surface area is 218 Å². The predicted octanol–water partition coefficient (Wildman–Crippen LogP) is 4.29. The Bertz CT molecular complexity index is 1610. The molecule has 3 aliphatic heterocycles. The molecular weight excluding hydrogens is 486 g/mol. The predicted molar refractivity (Wildman–Crippen MR) is 140 cm³/mol. The number of ether oxygens (including phenoxy) is 4. The van der Waals surface area contributed by atoms with E-state index in [1.165, 1.54) is 0 Å². The summed E-state index contributed by atoms with van der Waals surface area (Å²) in [5.74, 6) is 1.88. The van der Waals surface area contributed by atoms with Crippen molar-refractivity contribution in [3.8, 4) is 23.0 Å². The summed E-state index contributed by atoms with van der Waals surface area (Å²) in [6.07, 6.45) is 0.0144. The maximum Gasteiger partial charge on any atom is 0.256 e. The Morgan fingerprint density at radius 3 is 2.26 bits per heavy atom. The minimum absolute atomic E-state index is 0.0144. The van der Waals surface area contributed by atoms with Gasteiger partial charge in [0.05, 0.1) is 6.42 Å². The van der Waals surface area contributed by atoms with Crippen molar-refractivity contribution in [2.24, 2.45) is 0 Å².